The van der Waals surface area contributed by atoms with Crippen molar-refractivity contribution in [1.82, 2.24) is 0 Å². The van der Waals surface area contributed by atoms with Crippen molar-refractivity contribution in [2.75, 3.05) is 6.61 Å². The third-order valence-electron chi connectivity index (χ3n) is 11.1. The van der Waals surface area contributed by atoms with Gasteiger partial charge in [-0.1, -0.05) is 56.2 Å². The molecule has 3 heteroatoms. The molecule has 0 radical (unpaired) electrons. The molecule has 0 unspecified atom stereocenters. The molecule has 3 nitrogen and oxygen atoms in total. The second-order valence-electron chi connectivity index (χ2n) is 12.4. The predicted molar refractivity (Wildman–Crippen MR) is 139 cm³/mol. The van der Waals surface area contributed by atoms with Crippen molar-refractivity contribution in [3.8, 4) is 5.75 Å². The van der Waals surface area contributed by atoms with Gasteiger partial charge in [0.25, 0.3) is 0 Å². The summed E-state index contributed by atoms with van der Waals surface area (Å²) >= 11 is 0. The van der Waals surface area contributed by atoms with Crippen molar-refractivity contribution in [3.05, 3.63) is 65.2 Å². The van der Waals surface area contributed by atoms with Gasteiger partial charge in [0.2, 0.25) is 0 Å². The molecule has 188 valence electrons. The number of unbranched alkanes of at least 4 members (excludes halogenated alkanes) is 2. The summed E-state index contributed by atoms with van der Waals surface area (Å²) in [6, 6.07) is 17.3. The van der Waals surface area contributed by atoms with Crippen LogP contribution in [0.15, 0.2) is 48.5 Å². The zero-order valence-electron chi connectivity index (χ0n) is 21.3. The van der Waals surface area contributed by atoms with Crippen LogP contribution in [0, 0.1) is 22.7 Å². The van der Waals surface area contributed by atoms with Crippen molar-refractivity contribution in [3.63, 3.8) is 0 Å². The molecule has 3 saturated carbocycles. The molecule has 3 fully saturated rings. The first-order valence-corrected chi connectivity index (χ1v) is 14.1. The van der Waals surface area contributed by atoms with E-state index in [1.807, 2.05) is 6.07 Å². The second-order valence-corrected chi connectivity index (χ2v) is 12.4. The lowest BCUT2D eigenvalue weighted by Gasteiger charge is -2.59. The van der Waals surface area contributed by atoms with E-state index < -0.39 is 5.60 Å². The third kappa shape index (κ3) is 3.60. The van der Waals surface area contributed by atoms with Gasteiger partial charge in [-0.2, -0.15) is 0 Å². The Morgan fingerprint density at radius 3 is 2.51 bits per heavy atom. The van der Waals surface area contributed by atoms with Crippen molar-refractivity contribution in [2.45, 2.75) is 95.7 Å². The first-order chi connectivity index (χ1) is 17.0. The number of aliphatic hydroxyl groups excluding tert-OH is 1. The fraction of sp³-hybridized carbons (Fsp3) is 0.625. The van der Waals surface area contributed by atoms with E-state index in [4.69, 9.17) is 4.74 Å². The Morgan fingerprint density at radius 2 is 1.74 bits per heavy atom. The van der Waals surface area contributed by atoms with E-state index in [1.54, 1.807) is 5.56 Å². The average Bonchev–Trinajstić information content (AvgIpc) is 3.26. The minimum Gasteiger partial charge on any atom is -0.489 e. The Kier molecular flexibility index (Phi) is 6.00. The number of hydrogen-bond acceptors (Lipinski definition) is 3. The normalized spacial score (nSPS) is 36.9. The number of aliphatic hydroxyl groups is 2. The number of ether oxygens (including phenoxy) is 1. The van der Waals surface area contributed by atoms with Gasteiger partial charge in [0.05, 0.1) is 5.60 Å². The van der Waals surface area contributed by atoms with Gasteiger partial charge in [-0.15, -0.1) is 0 Å². The maximum atomic E-state index is 11.7. The molecule has 2 N–H and O–H groups in total. The van der Waals surface area contributed by atoms with Gasteiger partial charge in [-0.3, -0.25) is 0 Å². The molecule has 0 amide bonds. The first-order valence-electron chi connectivity index (χ1n) is 14.1. The molecule has 2 aromatic carbocycles. The third-order valence-corrected chi connectivity index (χ3v) is 11.1. The number of rotatable bonds is 8. The SMILES string of the molecule is C[C@]12CC[C@@H]3c4ccc(OCc5ccccc5)cc4C[C@@H](CCCCCO)[C@H]3[C@]13CC[C@]2(O)CC3. The van der Waals surface area contributed by atoms with Crippen LogP contribution in [0.2, 0.25) is 0 Å². The second kappa shape index (κ2) is 8.92. The van der Waals surface area contributed by atoms with E-state index in [2.05, 4.69) is 49.4 Å². The molecule has 0 spiro atoms. The fourth-order valence-electron chi connectivity index (χ4n) is 9.33. The maximum Gasteiger partial charge on any atom is 0.120 e. The largest absolute Gasteiger partial charge is 0.489 e. The van der Waals surface area contributed by atoms with Gasteiger partial charge in [0.1, 0.15) is 12.4 Å². The predicted octanol–water partition coefficient (Wildman–Crippen LogP) is 6.80. The van der Waals surface area contributed by atoms with Crippen LogP contribution in [-0.2, 0) is 13.0 Å². The maximum absolute atomic E-state index is 11.7. The summed E-state index contributed by atoms with van der Waals surface area (Å²) in [5.41, 5.74) is 4.21. The highest BCUT2D eigenvalue weighted by atomic mass is 16.5. The molecular weight excluding hydrogens is 432 g/mol. The molecule has 4 aliphatic rings. The van der Waals surface area contributed by atoms with Crippen molar-refractivity contribution >= 4 is 0 Å². The minimum atomic E-state index is -0.436. The molecule has 0 aromatic heterocycles. The van der Waals surface area contributed by atoms with Crippen LogP contribution in [0.1, 0.15) is 93.7 Å². The smallest absolute Gasteiger partial charge is 0.120 e. The standard InChI is InChI=1S/C32H42O3/c1-30-14-13-28-27-12-11-26(35-22-23-8-4-2-5-9-23)21-25(27)20-24(10-6-3-7-19-33)29(28)31(30)15-17-32(30,34)18-16-31/h2,4-5,8-9,11-12,21,24,28-29,33-34H,3,6-7,10,13-20,22H2,1H3/t24-,28-,29-,30+,31-,32+/m1/s1. The van der Waals surface area contributed by atoms with Gasteiger partial charge < -0.3 is 14.9 Å². The van der Waals surface area contributed by atoms with Crippen LogP contribution in [0.25, 0.3) is 0 Å². The topological polar surface area (TPSA) is 49.7 Å². The highest BCUT2D eigenvalue weighted by Crippen LogP contribution is 2.78. The highest BCUT2D eigenvalue weighted by Gasteiger charge is 2.74. The summed E-state index contributed by atoms with van der Waals surface area (Å²) < 4.78 is 6.23. The number of benzene rings is 2. The van der Waals surface area contributed by atoms with E-state index in [1.165, 1.54) is 43.2 Å². The quantitative estimate of drug-likeness (QED) is 0.414. The average molecular weight is 475 g/mol. The molecule has 0 saturated heterocycles. The molecular formula is C32H42O3. The van der Waals surface area contributed by atoms with Gasteiger partial charge in [-0.25, -0.2) is 0 Å². The molecule has 0 aliphatic heterocycles. The minimum absolute atomic E-state index is 0.0841. The lowest BCUT2D eigenvalue weighted by molar-refractivity contribution is -0.113. The van der Waals surface area contributed by atoms with E-state index >= 15 is 0 Å². The summed E-state index contributed by atoms with van der Waals surface area (Å²) in [7, 11) is 0. The Bertz CT molecular complexity index is 1040. The van der Waals surface area contributed by atoms with Crippen LogP contribution in [0.4, 0.5) is 0 Å². The van der Waals surface area contributed by atoms with Crippen LogP contribution in [0.5, 0.6) is 5.75 Å². The lowest BCUT2D eigenvalue weighted by Crippen LogP contribution is -2.54. The van der Waals surface area contributed by atoms with Crippen molar-refractivity contribution < 1.29 is 14.9 Å². The van der Waals surface area contributed by atoms with E-state index in [0.29, 0.717) is 36.4 Å². The summed E-state index contributed by atoms with van der Waals surface area (Å²) in [6.45, 7) is 3.36. The molecule has 6 rings (SSSR count). The van der Waals surface area contributed by atoms with Crippen molar-refractivity contribution in [2.24, 2.45) is 22.7 Å². The van der Waals surface area contributed by atoms with Crippen LogP contribution >= 0.6 is 0 Å². The Hall–Kier alpha value is -1.84. The molecule has 0 heterocycles. The van der Waals surface area contributed by atoms with E-state index in [9.17, 15) is 10.2 Å². The Labute approximate surface area is 210 Å². The summed E-state index contributed by atoms with van der Waals surface area (Å²) in [6.07, 6.45) is 12.4. The number of hydrogen-bond donors (Lipinski definition) is 2. The fourth-order valence-corrected chi connectivity index (χ4v) is 9.33. The van der Waals surface area contributed by atoms with Gasteiger partial charge in [0.15, 0.2) is 0 Å². The molecule has 35 heavy (non-hydrogen) atoms. The van der Waals surface area contributed by atoms with Crippen LogP contribution in [0.3, 0.4) is 0 Å². The summed E-state index contributed by atoms with van der Waals surface area (Å²) in [4.78, 5) is 0. The molecule has 4 aliphatic carbocycles. The van der Waals surface area contributed by atoms with E-state index in [0.717, 1.165) is 44.3 Å². The first kappa shape index (κ1) is 23.6. The van der Waals surface area contributed by atoms with Crippen LogP contribution < -0.4 is 4.74 Å². The zero-order chi connectivity index (χ0) is 24.1. The lowest BCUT2D eigenvalue weighted by atomic mass is 9.45. The van der Waals surface area contributed by atoms with Crippen LogP contribution in [-0.4, -0.2) is 22.4 Å². The zero-order valence-corrected chi connectivity index (χ0v) is 21.3. The van der Waals surface area contributed by atoms with Gasteiger partial charge in [0, 0.05) is 12.0 Å². The Balaban J connectivity index is 1.30. The summed E-state index contributed by atoms with van der Waals surface area (Å²) in [5.74, 6) is 2.93. The molecule has 2 bridgehead atoms. The number of fused-ring (bicyclic) bond motifs is 3. The van der Waals surface area contributed by atoms with Gasteiger partial charge in [-0.05, 0) is 110 Å². The summed E-state index contributed by atoms with van der Waals surface area (Å²) in [5, 5.41) is 21.0. The monoisotopic (exact) mass is 474 g/mol. The van der Waals surface area contributed by atoms with Crippen molar-refractivity contribution in [1.29, 1.82) is 0 Å². The molecule has 4 atom stereocenters. The van der Waals surface area contributed by atoms with Gasteiger partial charge >= 0.3 is 0 Å². The van der Waals surface area contributed by atoms with E-state index in [-0.39, 0.29) is 5.41 Å². The highest BCUT2D eigenvalue weighted by molar-refractivity contribution is 5.43. The molecule has 2 aromatic rings. The Morgan fingerprint density at radius 1 is 0.943 bits per heavy atom.